The van der Waals surface area contributed by atoms with Gasteiger partial charge in [0.1, 0.15) is 24.3 Å². The smallest absolute Gasteiger partial charge is 0.340 e. The van der Waals surface area contributed by atoms with E-state index in [2.05, 4.69) is 9.97 Å². The zero-order valence-corrected chi connectivity index (χ0v) is 16.4. The summed E-state index contributed by atoms with van der Waals surface area (Å²) in [6.07, 6.45) is 1.49. The van der Waals surface area contributed by atoms with Crippen LogP contribution in [0.25, 0.3) is 22.4 Å². The summed E-state index contributed by atoms with van der Waals surface area (Å²) in [5.74, 6) is 0.787. The zero-order valence-electron chi connectivity index (χ0n) is 16.4. The number of ether oxygens (including phenoxy) is 2. The first kappa shape index (κ1) is 18.7. The average molecular weight is 388 g/mol. The molecule has 6 nitrogen and oxygen atoms in total. The predicted octanol–water partition coefficient (Wildman–Crippen LogP) is 4.87. The van der Waals surface area contributed by atoms with E-state index in [9.17, 15) is 4.79 Å². The largest absolute Gasteiger partial charge is 0.497 e. The highest BCUT2D eigenvalue weighted by molar-refractivity contribution is 5.98. The molecule has 0 unspecified atom stereocenters. The topological polar surface area (TPSA) is 74.5 Å². The van der Waals surface area contributed by atoms with E-state index in [1.165, 1.54) is 6.26 Å². The van der Waals surface area contributed by atoms with E-state index in [-0.39, 0.29) is 6.61 Å². The van der Waals surface area contributed by atoms with Crippen LogP contribution in [-0.4, -0.2) is 23.0 Å². The lowest BCUT2D eigenvalue weighted by Gasteiger charge is -2.11. The number of rotatable bonds is 5. The van der Waals surface area contributed by atoms with Crippen LogP contribution in [0.5, 0.6) is 5.75 Å². The van der Waals surface area contributed by atoms with Crippen molar-refractivity contribution in [2.75, 3.05) is 7.11 Å². The maximum absolute atomic E-state index is 12.7. The molecule has 2 aromatic heterocycles. The van der Waals surface area contributed by atoms with Gasteiger partial charge in [0.2, 0.25) is 5.89 Å². The van der Waals surface area contributed by atoms with Gasteiger partial charge >= 0.3 is 5.97 Å². The van der Waals surface area contributed by atoms with Gasteiger partial charge < -0.3 is 13.9 Å². The summed E-state index contributed by atoms with van der Waals surface area (Å²) >= 11 is 0. The van der Waals surface area contributed by atoms with E-state index in [0.29, 0.717) is 22.8 Å². The Morgan fingerprint density at radius 1 is 1.03 bits per heavy atom. The summed E-state index contributed by atoms with van der Waals surface area (Å²) in [5, 5.41) is 0.938. The number of esters is 1. The molecule has 0 saturated carbocycles. The Balaban J connectivity index is 1.50. The molecule has 0 aliphatic carbocycles. The third-order valence-electron chi connectivity index (χ3n) is 4.78. The Bertz CT molecular complexity index is 1180. The molecular weight excluding hydrogens is 368 g/mol. The summed E-state index contributed by atoms with van der Waals surface area (Å²) in [6, 6.07) is 15.1. The van der Waals surface area contributed by atoms with Gasteiger partial charge in [-0.05, 0) is 49.7 Å². The summed E-state index contributed by atoms with van der Waals surface area (Å²) in [6.45, 7) is 3.74. The number of oxazole rings is 1. The molecular formula is C23H20N2O4. The molecule has 0 aliphatic heterocycles. The van der Waals surface area contributed by atoms with Gasteiger partial charge in [-0.15, -0.1) is 0 Å². The van der Waals surface area contributed by atoms with Gasteiger partial charge in [0.25, 0.3) is 0 Å². The van der Waals surface area contributed by atoms with Crippen molar-refractivity contribution in [2.24, 2.45) is 0 Å². The molecule has 0 aliphatic rings. The standard InChI is InChI=1S/C23H20N2O4/c1-14-19-6-4-5-7-20(19)24-15(2)21(14)23(26)29-13-17-12-28-22(25-17)16-8-10-18(27-3)11-9-16/h4-12H,13H2,1-3H3. The molecule has 146 valence electrons. The van der Waals surface area contributed by atoms with E-state index in [0.717, 1.165) is 27.8 Å². The number of carbonyl (C=O) groups excluding carboxylic acids is 1. The number of methoxy groups -OCH3 is 1. The monoisotopic (exact) mass is 388 g/mol. The molecule has 2 aromatic carbocycles. The van der Waals surface area contributed by atoms with Crippen LogP contribution in [0.1, 0.15) is 27.3 Å². The second kappa shape index (κ2) is 7.75. The normalized spacial score (nSPS) is 10.9. The molecule has 0 amide bonds. The summed E-state index contributed by atoms with van der Waals surface area (Å²) < 4.78 is 16.2. The third-order valence-corrected chi connectivity index (χ3v) is 4.78. The molecule has 2 heterocycles. The molecule has 0 atom stereocenters. The molecule has 0 radical (unpaired) electrons. The number of hydrogen-bond donors (Lipinski definition) is 0. The van der Waals surface area contributed by atoms with Crippen LogP contribution in [0.2, 0.25) is 0 Å². The molecule has 0 bridgehead atoms. The fraction of sp³-hybridized carbons (Fsp3) is 0.174. The summed E-state index contributed by atoms with van der Waals surface area (Å²) in [7, 11) is 1.61. The minimum absolute atomic E-state index is 0.0181. The maximum atomic E-state index is 12.7. The van der Waals surface area contributed by atoms with Crippen LogP contribution in [0.4, 0.5) is 0 Å². The fourth-order valence-corrected chi connectivity index (χ4v) is 3.28. The molecule has 0 saturated heterocycles. The van der Waals surface area contributed by atoms with Crippen molar-refractivity contribution < 1.29 is 18.7 Å². The first-order valence-corrected chi connectivity index (χ1v) is 9.18. The van der Waals surface area contributed by atoms with Crippen molar-refractivity contribution in [3.8, 4) is 17.2 Å². The first-order chi connectivity index (χ1) is 14.1. The van der Waals surface area contributed by atoms with Gasteiger partial charge in [0, 0.05) is 10.9 Å². The van der Waals surface area contributed by atoms with Crippen LogP contribution in [-0.2, 0) is 11.3 Å². The van der Waals surface area contributed by atoms with Gasteiger partial charge in [0.15, 0.2) is 0 Å². The van der Waals surface area contributed by atoms with Crippen molar-refractivity contribution in [1.29, 1.82) is 0 Å². The Labute approximate surface area is 168 Å². The Hall–Kier alpha value is -3.67. The van der Waals surface area contributed by atoms with E-state index in [1.807, 2.05) is 62.4 Å². The fourth-order valence-electron chi connectivity index (χ4n) is 3.28. The molecule has 0 N–H and O–H groups in total. The van der Waals surface area contributed by atoms with Crippen LogP contribution in [0.3, 0.4) is 0 Å². The van der Waals surface area contributed by atoms with Crippen molar-refractivity contribution in [1.82, 2.24) is 9.97 Å². The van der Waals surface area contributed by atoms with Crippen molar-refractivity contribution in [3.63, 3.8) is 0 Å². The Morgan fingerprint density at radius 2 is 1.79 bits per heavy atom. The van der Waals surface area contributed by atoms with Gasteiger partial charge in [-0.3, -0.25) is 4.98 Å². The molecule has 0 fully saturated rings. The highest BCUT2D eigenvalue weighted by Crippen LogP contribution is 2.24. The van der Waals surface area contributed by atoms with E-state index in [1.54, 1.807) is 7.11 Å². The number of aromatic nitrogens is 2. The summed E-state index contributed by atoms with van der Waals surface area (Å²) in [5.41, 5.74) is 4.20. The van der Waals surface area contributed by atoms with E-state index < -0.39 is 5.97 Å². The highest BCUT2D eigenvalue weighted by Gasteiger charge is 2.18. The first-order valence-electron chi connectivity index (χ1n) is 9.18. The average Bonchev–Trinajstić information content (AvgIpc) is 3.21. The molecule has 4 aromatic rings. The number of fused-ring (bicyclic) bond motifs is 1. The van der Waals surface area contributed by atoms with Gasteiger partial charge in [0.05, 0.1) is 23.9 Å². The predicted molar refractivity (Wildman–Crippen MR) is 109 cm³/mol. The quantitative estimate of drug-likeness (QED) is 0.454. The number of nitrogens with zero attached hydrogens (tertiary/aromatic N) is 2. The van der Waals surface area contributed by atoms with Gasteiger partial charge in [-0.1, -0.05) is 18.2 Å². The zero-order chi connectivity index (χ0) is 20.4. The lowest BCUT2D eigenvalue weighted by molar-refractivity contribution is 0.0465. The van der Waals surface area contributed by atoms with Crippen LogP contribution in [0.15, 0.2) is 59.2 Å². The number of aryl methyl sites for hydroxylation is 2. The third kappa shape index (κ3) is 3.69. The number of para-hydroxylation sites is 1. The molecule has 29 heavy (non-hydrogen) atoms. The van der Waals surface area contributed by atoms with Crippen LogP contribution in [0, 0.1) is 13.8 Å². The number of pyridine rings is 1. The van der Waals surface area contributed by atoms with Crippen molar-refractivity contribution in [3.05, 3.63) is 77.3 Å². The minimum atomic E-state index is -0.424. The van der Waals surface area contributed by atoms with Crippen LogP contribution < -0.4 is 4.74 Å². The highest BCUT2D eigenvalue weighted by atomic mass is 16.5. The Morgan fingerprint density at radius 3 is 2.55 bits per heavy atom. The molecule has 0 spiro atoms. The SMILES string of the molecule is COc1ccc(-c2nc(COC(=O)c3c(C)nc4ccccc4c3C)co2)cc1. The van der Waals surface area contributed by atoms with E-state index >= 15 is 0 Å². The van der Waals surface area contributed by atoms with E-state index in [4.69, 9.17) is 13.9 Å². The lowest BCUT2D eigenvalue weighted by Crippen LogP contribution is -2.11. The maximum Gasteiger partial charge on any atom is 0.340 e. The Kier molecular flexibility index (Phi) is 4.99. The second-order valence-electron chi connectivity index (χ2n) is 6.66. The second-order valence-corrected chi connectivity index (χ2v) is 6.66. The minimum Gasteiger partial charge on any atom is -0.497 e. The number of carbonyl (C=O) groups is 1. The lowest BCUT2D eigenvalue weighted by atomic mass is 10.0. The summed E-state index contributed by atoms with van der Waals surface area (Å²) in [4.78, 5) is 21.6. The van der Waals surface area contributed by atoms with Gasteiger partial charge in [-0.25, -0.2) is 9.78 Å². The number of benzene rings is 2. The van der Waals surface area contributed by atoms with Crippen molar-refractivity contribution >= 4 is 16.9 Å². The molecule has 4 rings (SSSR count). The van der Waals surface area contributed by atoms with Crippen LogP contribution >= 0.6 is 0 Å². The number of hydrogen-bond acceptors (Lipinski definition) is 6. The van der Waals surface area contributed by atoms with Crippen molar-refractivity contribution in [2.45, 2.75) is 20.5 Å². The molecule has 6 heteroatoms. The van der Waals surface area contributed by atoms with Gasteiger partial charge in [-0.2, -0.15) is 0 Å².